The fourth-order valence-corrected chi connectivity index (χ4v) is 2.83. The van der Waals surface area contributed by atoms with Gasteiger partial charge in [0.1, 0.15) is 0 Å². The molecule has 2 nitrogen and oxygen atoms in total. The van der Waals surface area contributed by atoms with E-state index in [4.69, 9.17) is 20.9 Å². The molecule has 0 fully saturated rings. The maximum Gasteiger partial charge on any atom is 0.244 e. The summed E-state index contributed by atoms with van der Waals surface area (Å²) in [7, 11) is 0. The van der Waals surface area contributed by atoms with Crippen LogP contribution < -0.4 is 0 Å². The van der Waals surface area contributed by atoms with Gasteiger partial charge in [-0.05, 0) is 24.6 Å². The molecule has 0 saturated heterocycles. The molecule has 0 aliphatic carbocycles. The first-order valence-corrected chi connectivity index (χ1v) is 9.53. The van der Waals surface area contributed by atoms with Crippen molar-refractivity contribution in [3.05, 3.63) is 0 Å². The first kappa shape index (κ1) is 15.9. The molecule has 5 heteroatoms. The normalized spacial score (nSPS) is 11.9. The van der Waals surface area contributed by atoms with Crippen molar-refractivity contribution in [1.82, 2.24) is 0 Å². The van der Waals surface area contributed by atoms with Crippen LogP contribution in [0.5, 0.6) is 0 Å². The molecule has 0 atom stereocenters. The van der Waals surface area contributed by atoms with Gasteiger partial charge in [0.2, 0.25) is 5.69 Å². The smallest absolute Gasteiger partial charge is 0.244 e. The second-order valence-electron chi connectivity index (χ2n) is 3.55. The second kappa shape index (κ2) is 10.1. The van der Waals surface area contributed by atoms with Gasteiger partial charge in [0.15, 0.2) is 0 Å². The van der Waals surface area contributed by atoms with Gasteiger partial charge in [-0.15, -0.1) is 0 Å². The zero-order valence-electron chi connectivity index (χ0n) is 9.78. The molecule has 0 rings (SSSR count). The lowest BCUT2D eigenvalue weighted by Gasteiger charge is -2.16. The summed E-state index contributed by atoms with van der Waals surface area (Å²) in [6, 6.07) is 0. The van der Waals surface area contributed by atoms with E-state index in [1.54, 1.807) is 0 Å². The Morgan fingerprint density at radius 2 is 1.33 bits per heavy atom. The van der Waals surface area contributed by atoms with E-state index in [0.29, 0.717) is 13.2 Å². The minimum atomic E-state index is -2.25. The molecule has 0 bridgehead atoms. The molecular weight excluding hydrogens is 247 g/mol. The summed E-state index contributed by atoms with van der Waals surface area (Å²) in [5.41, 5.74) is -2.25. The minimum absolute atomic E-state index is 0.683. The van der Waals surface area contributed by atoms with Gasteiger partial charge in [0, 0.05) is 0 Å². The molecule has 0 spiro atoms. The van der Waals surface area contributed by atoms with Gasteiger partial charge in [0.05, 0.1) is 13.2 Å². The average molecular weight is 270 g/mol. The third kappa shape index (κ3) is 11.2. The molecule has 0 aromatic rings. The van der Waals surface area contributed by atoms with E-state index in [1.807, 2.05) is 0 Å². The van der Waals surface area contributed by atoms with Crippen molar-refractivity contribution in [3.8, 4) is 0 Å². The summed E-state index contributed by atoms with van der Waals surface area (Å²) in [5.74, 6) is 0. The summed E-state index contributed by atoms with van der Waals surface area (Å²) in [6.45, 7) is 5.70. The number of hydrogen-bond acceptors (Lipinski definition) is 3. The van der Waals surface area contributed by atoms with Crippen molar-refractivity contribution < 1.29 is 9.05 Å². The Bertz CT molecular complexity index is 172. The highest BCUT2D eigenvalue weighted by Crippen LogP contribution is 2.53. The SMILES string of the molecule is CCCCCOP(=S)(S)OCCCCC. The monoisotopic (exact) mass is 270 g/mol. The number of thiol groups is 1. The Morgan fingerprint density at radius 1 is 0.933 bits per heavy atom. The molecular formula is C10H23O2PS2. The summed E-state index contributed by atoms with van der Waals surface area (Å²) in [5, 5.41) is 0. The first-order chi connectivity index (χ1) is 7.12. The van der Waals surface area contributed by atoms with Crippen LogP contribution in [0, 0.1) is 0 Å². The largest absolute Gasteiger partial charge is 0.322 e. The molecule has 15 heavy (non-hydrogen) atoms. The molecule has 0 radical (unpaired) electrons. The van der Waals surface area contributed by atoms with Crippen LogP contribution in [0.4, 0.5) is 0 Å². The second-order valence-corrected chi connectivity index (χ2v) is 8.84. The van der Waals surface area contributed by atoms with Crippen molar-refractivity contribution in [2.75, 3.05) is 13.2 Å². The predicted octanol–water partition coefficient (Wildman–Crippen LogP) is 4.55. The van der Waals surface area contributed by atoms with Crippen LogP contribution in [0.3, 0.4) is 0 Å². The Balaban J connectivity index is 3.45. The Morgan fingerprint density at radius 3 is 1.67 bits per heavy atom. The van der Waals surface area contributed by atoms with Gasteiger partial charge < -0.3 is 9.05 Å². The molecule has 0 aliphatic rings. The van der Waals surface area contributed by atoms with Crippen LogP contribution >= 0.6 is 17.9 Å². The quantitative estimate of drug-likeness (QED) is 0.357. The Kier molecular flexibility index (Phi) is 10.7. The van der Waals surface area contributed by atoms with Crippen LogP contribution in [0.1, 0.15) is 52.4 Å². The van der Waals surface area contributed by atoms with Crippen LogP contribution in [0.15, 0.2) is 0 Å². The number of rotatable bonds is 10. The Labute approximate surface area is 104 Å². The van der Waals surface area contributed by atoms with Crippen LogP contribution in [0.25, 0.3) is 0 Å². The Hall–Kier alpha value is 0.920. The minimum Gasteiger partial charge on any atom is -0.322 e. The summed E-state index contributed by atoms with van der Waals surface area (Å²) in [6.07, 6.45) is 6.84. The average Bonchev–Trinajstić information content (AvgIpc) is 2.20. The molecule has 92 valence electrons. The van der Waals surface area contributed by atoms with Crippen LogP contribution in [0.2, 0.25) is 0 Å². The van der Waals surface area contributed by atoms with Crippen LogP contribution in [-0.2, 0) is 20.9 Å². The van der Waals surface area contributed by atoms with E-state index < -0.39 is 5.69 Å². The summed E-state index contributed by atoms with van der Waals surface area (Å²) < 4.78 is 11.0. The third-order valence-corrected chi connectivity index (χ3v) is 4.35. The van der Waals surface area contributed by atoms with E-state index in [9.17, 15) is 0 Å². The topological polar surface area (TPSA) is 18.5 Å². The van der Waals surface area contributed by atoms with Gasteiger partial charge >= 0.3 is 0 Å². The third-order valence-electron chi connectivity index (χ3n) is 2.00. The van der Waals surface area contributed by atoms with Gasteiger partial charge in [-0.1, -0.05) is 51.8 Å². The number of unbranched alkanes of at least 4 members (excludes halogenated alkanes) is 4. The molecule has 0 aromatic heterocycles. The lowest BCUT2D eigenvalue weighted by molar-refractivity contribution is 0.251. The van der Waals surface area contributed by atoms with Crippen molar-refractivity contribution >= 4 is 29.7 Å². The molecule has 0 aromatic carbocycles. The highest BCUT2D eigenvalue weighted by molar-refractivity contribution is 8.60. The maximum atomic E-state index is 5.48. The van der Waals surface area contributed by atoms with Crippen molar-refractivity contribution in [1.29, 1.82) is 0 Å². The van der Waals surface area contributed by atoms with E-state index in [1.165, 1.54) is 25.7 Å². The molecule has 0 unspecified atom stereocenters. The first-order valence-electron chi connectivity index (χ1n) is 5.74. The van der Waals surface area contributed by atoms with Crippen molar-refractivity contribution in [3.63, 3.8) is 0 Å². The molecule has 0 aliphatic heterocycles. The number of hydrogen-bond donors (Lipinski definition) is 1. The molecule has 0 heterocycles. The molecule has 0 amide bonds. The standard InChI is InChI=1S/C10H23O2PS2/c1-3-5-7-9-11-13(14,15)12-10-8-6-4-2/h3-10H2,1-2H3,(H,14,15). The summed E-state index contributed by atoms with van der Waals surface area (Å²) in [4.78, 5) is 0. The predicted molar refractivity (Wildman–Crippen MR) is 74.2 cm³/mol. The van der Waals surface area contributed by atoms with Gasteiger partial charge in [-0.25, -0.2) is 0 Å². The van der Waals surface area contributed by atoms with Gasteiger partial charge in [-0.2, -0.15) is 0 Å². The van der Waals surface area contributed by atoms with Gasteiger partial charge in [0.25, 0.3) is 0 Å². The highest BCUT2D eigenvalue weighted by atomic mass is 32.9. The van der Waals surface area contributed by atoms with Crippen molar-refractivity contribution in [2.45, 2.75) is 52.4 Å². The fraction of sp³-hybridized carbons (Fsp3) is 1.00. The molecule has 0 N–H and O–H groups in total. The van der Waals surface area contributed by atoms with Gasteiger partial charge in [-0.3, -0.25) is 0 Å². The lowest BCUT2D eigenvalue weighted by atomic mass is 10.3. The summed E-state index contributed by atoms with van der Waals surface area (Å²) >= 11 is 9.45. The lowest BCUT2D eigenvalue weighted by Crippen LogP contribution is -1.95. The van der Waals surface area contributed by atoms with E-state index in [-0.39, 0.29) is 0 Å². The van der Waals surface area contributed by atoms with E-state index >= 15 is 0 Å². The zero-order valence-corrected chi connectivity index (χ0v) is 12.4. The van der Waals surface area contributed by atoms with Crippen molar-refractivity contribution in [2.24, 2.45) is 0 Å². The van der Waals surface area contributed by atoms with Crippen LogP contribution in [-0.4, -0.2) is 13.2 Å². The van der Waals surface area contributed by atoms with E-state index in [0.717, 1.165) is 12.8 Å². The maximum absolute atomic E-state index is 5.48. The zero-order chi connectivity index (χ0) is 11.6. The fourth-order valence-electron chi connectivity index (χ4n) is 1.10. The molecule has 0 saturated carbocycles. The van der Waals surface area contributed by atoms with E-state index in [2.05, 4.69) is 26.1 Å². The highest BCUT2D eigenvalue weighted by Gasteiger charge is 2.11.